The molecule has 0 fully saturated rings. The molecule has 0 aromatic rings. The Balaban J connectivity index is 5.40. The van der Waals surface area contributed by atoms with E-state index < -0.39 is 0 Å². The van der Waals surface area contributed by atoms with Crippen molar-refractivity contribution in [2.45, 2.75) is 86.0 Å². The summed E-state index contributed by atoms with van der Waals surface area (Å²) >= 11 is 0. The van der Waals surface area contributed by atoms with E-state index in [0.717, 1.165) is 0 Å². The monoisotopic (exact) mass is 200 g/mol. The highest BCUT2D eigenvalue weighted by atomic mass is 15.5. The number of hydrogen-bond donors (Lipinski definition) is 0. The van der Waals surface area contributed by atoms with Gasteiger partial charge in [-0.15, -0.1) is 0 Å². The Hall–Kier alpha value is -0.0400. The van der Waals surface area contributed by atoms with Gasteiger partial charge < -0.3 is 4.48 Å². The van der Waals surface area contributed by atoms with Crippen LogP contribution in [0.4, 0.5) is 0 Å². The van der Waals surface area contributed by atoms with Crippen LogP contribution in [0, 0.1) is 0 Å². The molecule has 1 nitrogen and oxygen atoms in total. The first-order valence-electron chi connectivity index (χ1n) is 5.96. The van der Waals surface area contributed by atoms with Gasteiger partial charge in [-0.2, -0.15) is 0 Å². The molecule has 86 valence electrons. The molecule has 0 unspecified atom stereocenters. The van der Waals surface area contributed by atoms with Crippen LogP contribution in [0.2, 0.25) is 0 Å². The Morgan fingerprint density at radius 3 is 0.857 bits per heavy atom. The Bertz CT molecular complexity index is 150. The second-order valence-electron chi connectivity index (χ2n) is 6.29. The lowest BCUT2D eigenvalue weighted by Gasteiger charge is -2.57. The molecule has 0 aromatic carbocycles. The normalized spacial score (nSPS) is 14.6. The van der Waals surface area contributed by atoms with Gasteiger partial charge in [0.2, 0.25) is 0 Å². The Morgan fingerprint density at radius 2 is 0.857 bits per heavy atom. The number of rotatable bonds is 3. The van der Waals surface area contributed by atoms with Crippen molar-refractivity contribution in [1.29, 1.82) is 0 Å². The van der Waals surface area contributed by atoms with E-state index in [4.69, 9.17) is 0 Å². The average molecular weight is 200 g/mol. The van der Waals surface area contributed by atoms with E-state index in [-0.39, 0.29) is 0 Å². The third-order valence-electron chi connectivity index (χ3n) is 3.73. The molecule has 0 saturated carbocycles. The van der Waals surface area contributed by atoms with Gasteiger partial charge in [0, 0.05) is 0 Å². The van der Waals surface area contributed by atoms with E-state index in [0.29, 0.717) is 23.7 Å². The van der Waals surface area contributed by atoms with Crippen molar-refractivity contribution in [3.63, 3.8) is 0 Å². The molecule has 1 heteroatoms. The average Bonchev–Trinajstić information content (AvgIpc) is 1.79. The summed E-state index contributed by atoms with van der Waals surface area (Å²) in [6.45, 7) is 21.2. The van der Waals surface area contributed by atoms with Gasteiger partial charge in [-0.1, -0.05) is 0 Å². The SMILES string of the molecule is CC(C)[N+](C(C)C)(C(C)C)C(C)(C)C. The molecule has 0 spiro atoms. The van der Waals surface area contributed by atoms with E-state index in [1.807, 2.05) is 0 Å². The van der Waals surface area contributed by atoms with Crippen LogP contribution < -0.4 is 0 Å². The topological polar surface area (TPSA) is 0 Å². The third-order valence-corrected chi connectivity index (χ3v) is 3.73. The zero-order valence-corrected chi connectivity index (χ0v) is 11.7. The van der Waals surface area contributed by atoms with E-state index >= 15 is 0 Å². The van der Waals surface area contributed by atoms with Gasteiger partial charge in [-0.25, -0.2) is 0 Å². The maximum Gasteiger partial charge on any atom is 0.0912 e. The van der Waals surface area contributed by atoms with Crippen molar-refractivity contribution in [2.24, 2.45) is 0 Å². The van der Waals surface area contributed by atoms with Crippen LogP contribution >= 0.6 is 0 Å². The van der Waals surface area contributed by atoms with Crippen molar-refractivity contribution in [3.8, 4) is 0 Å². The molecule has 0 aliphatic rings. The van der Waals surface area contributed by atoms with Crippen LogP contribution in [0.1, 0.15) is 62.3 Å². The van der Waals surface area contributed by atoms with Gasteiger partial charge in [0.25, 0.3) is 0 Å². The Morgan fingerprint density at radius 1 is 0.643 bits per heavy atom. The smallest absolute Gasteiger partial charge is 0.0912 e. The van der Waals surface area contributed by atoms with Gasteiger partial charge in [-0.05, 0) is 62.3 Å². The van der Waals surface area contributed by atoms with Crippen LogP contribution in [-0.4, -0.2) is 28.1 Å². The lowest BCUT2D eigenvalue weighted by atomic mass is 9.91. The van der Waals surface area contributed by atoms with Crippen LogP contribution in [0.15, 0.2) is 0 Å². The summed E-state index contributed by atoms with van der Waals surface area (Å²) in [5, 5.41) is 0. The molecular weight excluding hydrogens is 170 g/mol. The van der Waals surface area contributed by atoms with Crippen LogP contribution in [0.25, 0.3) is 0 Å². The molecule has 0 rings (SSSR count). The van der Waals surface area contributed by atoms with E-state index in [2.05, 4.69) is 62.3 Å². The first-order chi connectivity index (χ1) is 6.08. The highest BCUT2D eigenvalue weighted by Gasteiger charge is 2.47. The summed E-state index contributed by atoms with van der Waals surface area (Å²) in [5.74, 6) is 0. The van der Waals surface area contributed by atoms with E-state index in [9.17, 15) is 0 Å². The third kappa shape index (κ3) is 1.98. The minimum Gasteiger partial charge on any atom is -0.314 e. The predicted molar refractivity (Wildman–Crippen MR) is 65.4 cm³/mol. The van der Waals surface area contributed by atoms with Crippen molar-refractivity contribution in [3.05, 3.63) is 0 Å². The Labute approximate surface area is 91.1 Å². The van der Waals surface area contributed by atoms with E-state index in [1.54, 1.807) is 0 Å². The summed E-state index contributed by atoms with van der Waals surface area (Å²) in [6, 6.07) is 2.03. The highest BCUT2D eigenvalue weighted by Crippen LogP contribution is 2.35. The van der Waals surface area contributed by atoms with Gasteiger partial charge in [-0.3, -0.25) is 0 Å². The summed E-state index contributed by atoms with van der Waals surface area (Å²) in [7, 11) is 0. The van der Waals surface area contributed by atoms with Crippen LogP contribution in [-0.2, 0) is 0 Å². The predicted octanol–water partition coefficient (Wildman–Crippen LogP) is 3.83. The standard InChI is InChI=1S/C13H30N/c1-10(2)14(11(3)4,12(5)6)13(7,8)9/h10-12H,1-9H3/q+1. The van der Waals surface area contributed by atoms with Gasteiger partial charge in [0.05, 0.1) is 23.7 Å². The quantitative estimate of drug-likeness (QED) is 0.607. The second-order valence-corrected chi connectivity index (χ2v) is 6.29. The summed E-state index contributed by atoms with van der Waals surface area (Å²) in [6.07, 6.45) is 0. The minimum atomic E-state index is 0.316. The van der Waals surface area contributed by atoms with Gasteiger partial charge in [0.15, 0.2) is 0 Å². The summed E-state index contributed by atoms with van der Waals surface area (Å²) in [5.41, 5.74) is 0.316. The minimum absolute atomic E-state index is 0.316. The van der Waals surface area contributed by atoms with Crippen LogP contribution in [0.5, 0.6) is 0 Å². The number of nitrogens with zero attached hydrogens (tertiary/aromatic N) is 1. The zero-order valence-electron chi connectivity index (χ0n) is 11.7. The first-order valence-corrected chi connectivity index (χ1v) is 5.96. The molecule has 0 atom stereocenters. The van der Waals surface area contributed by atoms with Crippen molar-refractivity contribution in [1.82, 2.24) is 0 Å². The largest absolute Gasteiger partial charge is 0.314 e. The molecule has 0 heterocycles. The zero-order chi connectivity index (χ0) is 11.7. The fourth-order valence-electron chi connectivity index (χ4n) is 4.11. The first kappa shape index (κ1) is 14.0. The lowest BCUT2D eigenvalue weighted by Crippen LogP contribution is -2.70. The highest BCUT2D eigenvalue weighted by molar-refractivity contribution is 4.71. The number of quaternary nitrogens is 1. The van der Waals surface area contributed by atoms with Crippen molar-refractivity contribution >= 4 is 0 Å². The molecule has 0 aliphatic heterocycles. The maximum absolute atomic E-state index is 2.37. The second kappa shape index (κ2) is 4.22. The number of hydrogen-bond acceptors (Lipinski definition) is 0. The van der Waals surface area contributed by atoms with Crippen molar-refractivity contribution in [2.75, 3.05) is 0 Å². The van der Waals surface area contributed by atoms with Crippen LogP contribution in [0.3, 0.4) is 0 Å². The molecule has 0 radical (unpaired) electrons. The van der Waals surface area contributed by atoms with Gasteiger partial charge in [0.1, 0.15) is 0 Å². The molecule has 0 amide bonds. The fraction of sp³-hybridized carbons (Fsp3) is 1.00. The van der Waals surface area contributed by atoms with Crippen molar-refractivity contribution < 1.29 is 4.48 Å². The fourth-order valence-corrected chi connectivity index (χ4v) is 4.11. The maximum atomic E-state index is 2.37. The molecule has 14 heavy (non-hydrogen) atoms. The Kier molecular flexibility index (Phi) is 4.21. The molecular formula is C13H30N+. The lowest BCUT2D eigenvalue weighted by molar-refractivity contribution is -1.02. The molecule has 0 saturated heterocycles. The molecule has 0 aromatic heterocycles. The molecule has 0 bridgehead atoms. The summed E-state index contributed by atoms with van der Waals surface area (Å²) in [4.78, 5) is 0. The summed E-state index contributed by atoms with van der Waals surface area (Å²) < 4.78 is 1.19. The van der Waals surface area contributed by atoms with Gasteiger partial charge >= 0.3 is 0 Å². The molecule has 0 aliphatic carbocycles. The molecule has 0 N–H and O–H groups in total. The van der Waals surface area contributed by atoms with E-state index in [1.165, 1.54) is 4.48 Å².